The molecule has 66 heavy (non-hydrogen) atoms. The van der Waals surface area contributed by atoms with Gasteiger partial charge in [-0.15, -0.1) is 0 Å². The van der Waals surface area contributed by atoms with E-state index in [2.05, 4.69) is 77.9 Å². The van der Waals surface area contributed by atoms with E-state index in [0.29, 0.717) is 51.0 Å². The molecule has 0 radical (unpaired) electrons. The summed E-state index contributed by atoms with van der Waals surface area (Å²) in [5.41, 5.74) is 6.82. The zero-order valence-electron chi connectivity index (χ0n) is 41.2. The van der Waals surface area contributed by atoms with Crippen LogP contribution < -0.4 is 0 Å². The highest BCUT2D eigenvalue weighted by Gasteiger charge is 2.51. The van der Waals surface area contributed by atoms with Gasteiger partial charge in [-0.25, -0.2) is 0 Å². The summed E-state index contributed by atoms with van der Waals surface area (Å²) < 4.78 is 15.8. The summed E-state index contributed by atoms with van der Waals surface area (Å²) in [6.07, 6.45) is 14.5. The van der Waals surface area contributed by atoms with Crippen molar-refractivity contribution in [2.45, 2.75) is 149 Å². The first-order chi connectivity index (χ1) is 31.1. The number of aryl methyl sites for hydroxylation is 2. The fourth-order valence-electron chi connectivity index (χ4n) is 10.4. The van der Waals surface area contributed by atoms with Crippen molar-refractivity contribution in [1.82, 2.24) is 9.80 Å². The van der Waals surface area contributed by atoms with Gasteiger partial charge in [-0.05, 0) is 139 Å². The zero-order valence-corrected chi connectivity index (χ0v) is 42.7. The third-order valence-electron chi connectivity index (χ3n) is 14.2. The number of rotatable bonds is 19. The van der Waals surface area contributed by atoms with Crippen LogP contribution in [-0.2, 0) is 57.1 Å². The van der Waals surface area contributed by atoms with Crippen molar-refractivity contribution in [1.29, 1.82) is 0 Å². The monoisotopic (exact) mass is 950 g/mol. The summed E-state index contributed by atoms with van der Waals surface area (Å²) in [7, 11) is 3.43. The molecule has 12 heteroatoms. The van der Waals surface area contributed by atoms with Crippen LogP contribution in [0.15, 0.2) is 59.9 Å². The molecule has 1 N–H and O–H groups in total. The normalized spacial score (nSPS) is 22.9. The van der Waals surface area contributed by atoms with Gasteiger partial charge in [0.05, 0.1) is 19.4 Å². The van der Waals surface area contributed by atoms with E-state index in [-0.39, 0.29) is 58.8 Å². The fraction of sp³-hybridized carbons (Fsp3) is 0.630. The lowest BCUT2D eigenvalue weighted by Crippen LogP contribution is -2.42. The quantitative estimate of drug-likeness (QED) is 0.138. The highest BCUT2D eigenvalue weighted by Crippen LogP contribution is 2.56. The topological polar surface area (TPSA) is 123 Å². The molecule has 2 amide bonds. The number of carbonyl (C=O) groups is 4. The maximum atomic E-state index is 13.2. The summed E-state index contributed by atoms with van der Waals surface area (Å²) in [5, 5.41) is 10.6. The van der Waals surface area contributed by atoms with Crippen LogP contribution >= 0.6 is 23.2 Å². The number of carboxylic acid groups (broad SMARTS) is 1. The fourth-order valence-corrected chi connectivity index (χ4v) is 10.9. The van der Waals surface area contributed by atoms with E-state index in [4.69, 9.17) is 42.5 Å². The first-order valence-electron chi connectivity index (χ1n) is 24.1. The van der Waals surface area contributed by atoms with E-state index < -0.39 is 5.97 Å². The van der Waals surface area contributed by atoms with Crippen molar-refractivity contribution < 1.29 is 38.5 Å². The number of nitrogens with zero attached hydrogens (tertiary/aromatic N) is 2. The van der Waals surface area contributed by atoms with Crippen LogP contribution in [0.5, 0.6) is 0 Å². The Hall–Kier alpha value is -3.70. The number of carboxylic acids is 1. The smallest absolute Gasteiger partial charge is 0.307 e. The van der Waals surface area contributed by atoms with E-state index in [0.717, 1.165) is 96.5 Å². The minimum Gasteiger partial charge on any atom is -0.481 e. The number of carbonyl (C=O) groups excluding carboxylic acids is 3. The number of halogens is 2. The van der Waals surface area contributed by atoms with Gasteiger partial charge < -0.3 is 29.1 Å². The molecule has 2 heterocycles. The summed E-state index contributed by atoms with van der Waals surface area (Å²) in [6.45, 7) is 17.4. The molecule has 10 nitrogen and oxygen atoms in total. The van der Waals surface area contributed by atoms with Crippen molar-refractivity contribution in [3.8, 4) is 0 Å². The lowest BCUT2D eigenvalue weighted by Gasteiger charge is -2.39. The van der Waals surface area contributed by atoms with Gasteiger partial charge >= 0.3 is 11.9 Å². The molecule has 0 spiro atoms. The third kappa shape index (κ3) is 13.5. The number of ether oxygens (including phenoxy) is 3. The van der Waals surface area contributed by atoms with E-state index in [9.17, 15) is 19.2 Å². The largest absolute Gasteiger partial charge is 0.481 e. The van der Waals surface area contributed by atoms with Gasteiger partial charge in [0.15, 0.2) is 0 Å². The molecule has 2 saturated carbocycles. The van der Waals surface area contributed by atoms with Crippen LogP contribution in [0.4, 0.5) is 0 Å². The zero-order chi connectivity index (χ0) is 48.5. The first-order valence-corrected chi connectivity index (χ1v) is 24.9. The van der Waals surface area contributed by atoms with Crippen molar-refractivity contribution in [2.24, 2.45) is 22.7 Å². The van der Waals surface area contributed by atoms with Crippen molar-refractivity contribution >= 4 is 47.0 Å². The summed E-state index contributed by atoms with van der Waals surface area (Å²) >= 11 is 13.5. The average molecular weight is 952 g/mol. The Balaban J connectivity index is 0.000000248. The number of allylic oxidation sites excluding steroid dienone is 2. The first kappa shape index (κ1) is 53.3. The van der Waals surface area contributed by atoms with Crippen molar-refractivity contribution in [3.05, 3.63) is 92.2 Å². The van der Waals surface area contributed by atoms with Crippen LogP contribution in [0.2, 0.25) is 10.0 Å². The molecule has 2 aromatic rings. The molecule has 4 atom stereocenters. The van der Waals surface area contributed by atoms with Gasteiger partial charge in [-0.3, -0.25) is 19.2 Å². The Kier molecular flexibility index (Phi) is 18.6. The lowest BCUT2D eigenvalue weighted by molar-refractivity contribution is -0.144. The van der Waals surface area contributed by atoms with Gasteiger partial charge in [0, 0.05) is 86.6 Å². The predicted molar refractivity (Wildman–Crippen MR) is 263 cm³/mol. The summed E-state index contributed by atoms with van der Waals surface area (Å²) in [5.74, 6) is -0.477. The summed E-state index contributed by atoms with van der Waals surface area (Å²) in [6, 6.07) is 12.8. The second-order valence-corrected chi connectivity index (χ2v) is 22.1. The maximum absolute atomic E-state index is 13.2. The number of aliphatic carboxylic acids is 1. The molecular formula is C54H76Cl2N2O8. The molecule has 6 rings (SSSR count). The van der Waals surface area contributed by atoms with Gasteiger partial charge in [-0.1, -0.05) is 89.0 Å². The van der Waals surface area contributed by atoms with Gasteiger partial charge in [0.1, 0.15) is 0 Å². The van der Waals surface area contributed by atoms with E-state index >= 15 is 0 Å². The Bertz CT molecular complexity index is 2100. The van der Waals surface area contributed by atoms with E-state index in [1.807, 2.05) is 12.4 Å². The highest BCUT2D eigenvalue weighted by molar-refractivity contribution is 6.31. The van der Waals surface area contributed by atoms with E-state index in [1.165, 1.54) is 11.1 Å². The molecule has 2 aromatic carbocycles. The number of amides is 2. The molecule has 0 aromatic heterocycles. The standard InChI is InChI=1S/C28H40ClNO4.C26H36ClNO4/c1-6-34-26(32)11-15-30-19-23-20(12-16-33-5)10-14-28(23,18-25(30)31)22-8-7-21(24(29)17-22)9-13-27(2,3)4;1-25(2,3)11-7-19-5-6-20(15-22(19)27)26-12-8-18(10-14-32-4)21(26)17-28(23(29)16-26)13-9-24(30)31/h7-8,17,19-20H,6,9-16,18H2,1-5H3;5-6,15,17-18H,7-14,16H2,1-4H3,(H,30,31). The molecule has 2 fully saturated rings. The highest BCUT2D eigenvalue weighted by atomic mass is 35.5. The number of fused-ring (bicyclic) bond motifs is 2. The second kappa shape index (κ2) is 23.1. The Morgan fingerprint density at radius 3 is 1.50 bits per heavy atom. The summed E-state index contributed by atoms with van der Waals surface area (Å²) in [4.78, 5) is 52.6. The average Bonchev–Trinajstić information content (AvgIpc) is 3.79. The van der Waals surface area contributed by atoms with E-state index in [1.54, 1.807) is 30.9 Å². The minimum absolute atomic E-state index is 0.0182. The molecule has 2 aliphatic carbocycles. The van der Waals surface area contributed by atoms with Crippen LogP contribution in [-0.4, -0.2) is 85.8 Å². The third-order valence-corrected chi connectivity index (χ3v) is 14.9. The second-order valence-electron chi connectivity index (χ2n) is 21.3. The van der Waals surface area contributed by atoms with Crippen LogP contribution in [0.25, 0.3) is 0 Å². The SMILES string of the molecule is CCOC(=O)CCN1C=C2C(CCOC)CCC2(c2ccc(CCC(C)(C)C)c(Cl)c2)CC1=O.COCCC1CCC2(c3ccc(CCC(C)(C)C)c(Cl)c3)CC(=O)N(CCC(=O)O)C=C12. The molecule has 4 unspecified atom stereocenters. The molecular weight excluding hydrogens is 876 g/mol. The molecule has 4 aliphatic rings. The van der Waals surface area contributed by atoms with Crippen LogP contribution in [0.1, 0.15) is 148 Å². The Morgan fingerprint density at radius 2 is 1.14 bits per heavy atom. The molecule has 0 bridgehead atoms. The predicted octanol–water partition coefficient (Wildman–Crippen LogP) is 11.7. The number of methoxy groups -OCH3 is 2. The Morgan fingerprint density at radius 1 is 0.712 bits per heavy atom. The van der Waals surface area contributed by atoms with Crippen molar-refractivity contribution in [2.75, 3.05) is 47.1 Å². The number of esters is 1. The van der Waals surface area contributed by atoms with Gasteiger partial charge in [0.25, 0.3) is 0 Å². The van der Waals surface area contributed by atoms with Gasteiger partial charge in [0.2, 0.25) is 11.8 Å². The lowest BCUT2D eigenvalue weighted by atomic mass is 9.70. The minimum atomic E-state index is -0.895. The number of hydrogen-bond acceptors (Lipinski definition) is 7. The van der Waals surface area contributed by atoms with Crippen LogP contribution in [0.3, 0.4) is 0 Å². The van der Waals surface area contributed by atoms with Crippen LogP contribution in [0, 0.1) is 22.7 Å². The molecule has 2 aliphatic heterocycles. The van der Waals surface area contributed by atoms with Gasteiger partial charge in [-0.2, -0.15) is 0 Å². The maximum Gasteiger partial charge on any atom is 0.307 e. The number of hydrogen-bond donors (Lipinski definition) is 1. The number of benzene rings is 2. The molecule has 0 saturated heterocycles. The Labute approximate surface area is 404 Å². The molecule has 364 valence electrons. The van der Waals surface area contributed by atoms with Crippen molar-refractivity contribution in [3.63, 3.8) is 0 Å².